The summed E-state index contributed by atoms with van der Waals surface area (Å²) in [4.78, 5) is 12.3. The molecule has 0 bridgehead atoms. The van der Waals surface area contributed by atoms with Crippen LogP contribution in [0.25, 0.3) is 0 Å². The topological polar surface area (TPSA) is 75.3 Å². The van der Waals surface area contributed by atoms with E-state index in [2.05, 4.69) is 10.6 Å². The summed E-state index contributed by atoms with van der Waals surface area (Å²) in [6.45, 7) is 0. The maximum atomic E-state index is 12.0. The first-order chi connectivity index (χ1) is 9.90. The standard InChI is InChI=1S/C15H16N2O3S/c1-16-12-5-3-11(4-6-12)15(18)17-13-7-9-14(10-8-13)21(2,19)20/h3-10,16H,1-2H3,(H,17,18). The predicted molar refractivity (Wildman–Crippen MR) is 83.5 cm³/mol. The van der Waals surface area contributed by atoms with Crippen LogP contribution >= 0.6 is 0 Å². The lowest BCUT2D eigenvalue weighted by molar-refractivity contribution is 0.102. The molecule has 21 heavy (non-hydrogen) atoms. The highest BCUT2D eigenvalue weighted by molar-refractivity contribution is 7.90. The Labute approximate surface area is 123 Å². The van der Waals surface area contributed by atoms with Gasteiger partial charge in [-0.05, 0) is 48.5 Å². The summed E-state index contributed by atoms with van der Waals surface area (Å²) in [7, 11) is -1.42. The molecule has 6 heteroatoms. The lowest BCUT2D eigenvalue weighted by Gasteiger charge is -2.07. The predicted octanol–water partition coefficient (Wildman–Crippen LogP) is 2.38. The average Bonchev–Trinajstić information content (AvgIpc) is 2.47. The number of hydrogen-bond acceptors (Lipinski definition) is 4. The van der Waals surface area contributed by atoms with Crippen molar-refractivity contribution in [3.05, 3.63) is 54.1 Å². The van der Waals surface area contributed by atoms with Gasteiger partial charge in [-0.25, -0.2) is 8.42 Å². The van der Waals surface area contributed by atoms with Crippen molar-refractivity contribution >= 4 is 27.1 Å². The Kier molecular flexibility index (Phi) is 4.28. The summed E-state index contributed by atoms with van der Waals surface area (Å²) >= 11 is 0. The number of rotatable bonds is 4. The Bertz CT molecular complexity index is 735. The van der Waals surface area contributed by atoms with Gasteiger partial charge in [-0.15, -0.1) is 0 Å². The Morgan fingerprint density at radius 3 is 1.90 bits per heavy atom. The van der Waals surface area contributed by atoms with Crippen LogP contribution in [0.1, 0.15) is 10.4 Å². The highest BCUT2D eigenvalue weighted by atomic mass is 32.2. The number of anilines is 2. The van der Waals surface area contributed by atoms with Gasteiger partial charge in [0.15, 0.2) is 9.84 Å². The van der Waals surface area contributed by atoms with Gasteiger partial charge >= 0.3 is 0 Å². The molecule has 110 valence electrons. The highest BCUT2D eigenvalue weighted by Crippen LogP contribution is 2.15. The molecular formula is C15H16N2O3S. The van der Waals surface area contributed by atoms with Gasteiger partial charge < -0.3 is 10.6 Å². The molecule has 0 aliphatic rings. The van der Waals surface area contributed by atoms with Crippen molar-refractivity contribution in [1.29, 1.82) is 0 Å². The van der Waals surface area contributed by atoms with E-state index in [1.165, 1.54) is 12.1 Å². The average molecular weight is 304 g/mol. The van der Waals surface area contributed by atoms with Crippen LogP contribution in [0.5, 0.6) is 0 Å². The Morgan fingerprint density at radius 2 is 1.43 bits per heavy atom. The Morgan fingerprint density at radius 1 is 0.905 bits per heavy atom. The smallest absolute Gasteiger partial charge is 0.255 e. The SMILES string of the molecule is CNc1ccc(C(=O)Nc2ccc(S(C)(=O)=O)cc2)cc1. The van der Waals surface area contributed by atoms with Gasteiger partial charge in [-0.2, -0.15) is 0 Å². The molecule has 0 aliphatic carbocycles. The first-order valence-electron chi connectivity index (χ1n) is 6.29. The minimum absolute atomic E-state index is 0.221. The number of hydrogen-bond donors (Lipinski definition) is 2. The third kappa shape index (κ3) is 3.82. The summed E-state index contributed by atoms with van der Waals surface area (Å²) in [6.07, 6.45) is 1.14. The molecule has 0 saturated carbocycles. The second-order valence-electron chi connectivity index (χ2n) is 4.58. The van der Waals surface area contributed by atoms with E-state index in [-0.39, 0.29) is 10.8 Å². The second kappa shape index (κ2) is 5.97. The van der Waals surface area contributed by atoms with E-state index in [0.717, 1.165) is 11.9 Å². The largest absolute Gasteiger partial charge is 0.388 e. The van der Waals surface area contributed by atoms with Crippen molar-refractivity contribution in [3.63, 3.8) is 0 Å². The Balaban J connectivity index is 2.12. The number of sulfone groups is 1. The molecular weight excluding hydrogens is 288 g/mol. The maximum Gasteiger partial charge on any atom is 0.255 e. The fraction of sp³-hybridized carbons (Fsp3) is 0.133. The second-order valence-corrected chi connectivity index (χ2v) is 6.59. The van der Waals surface area contributed by atoms with Crippen LogP contribution in [0, 0.1) is 0 Å². The highest BCUT2D eigenvalue weighted by Gasteiger charge is 2.08. The molecule has 0 heterocycles. The van der Waals surface area contributed by atoms with Crippen LogP contribution in [0.3, 0.4) is 0 Å². The van der Waals surface area contributed by atoms with E-state index in [9.17, 15) is 13.2 Å². The first-order valence-corrected chi connectivity index (χ1v) is 8.18. The van der Waals surface area contributed by atoms with Gasteiger partial charge in [0, 0.05) is 30.2 Å². The third-order valence-corrected chi connectivity index (χ3v) is 4.10. The minimum Gasteiger partial charge on any atom is -0.388 e. The molecule has 2 rings (SSSR count). The first kappa shape index (κ1) is 15.1. The molecule has 0 aromatic heterocycles. The zero-order chi connectivity index (χ0) is 15.5. The Hall–Kier alpha value is -2.34. The van der Waals surface area contributed by atoms with E-state index >= 15 is 0 Å². The van der Waals surface area contributed by atoms with E-state index in [1.54, 1.807) is 31.3 Å². The van der Waals surface area contributed by atoms with Gasteiger partial charge in [0.05, 0.1) is 4.90 Å². The molecule has 2 N–H and O–H groups in total. The molecule has 2 aromatic carbocycles. The van der Waals surface area contributed by atoms with Crippen LogP contribution in [0.15, 0.2) is 53.4 Å². The van der Waals surface area contributed by atoms with Gasteiger partial charge in [-0.3, -0.25) is 4.79 Å². The zero-order valence-corrected chi connectivity index (χ0v) is 12.6. The number of nitrogens with one attached hydrogen (secondary N) is 2. The molecule has 1 amide bonds. The van der Waals surface area contributed by atoms with Gasteiger partial charge in [0.2, 0.25) is 0 Å². The number of benzene rings is 2. The van der Waals surface area contributed by atoms with Crippen LogP contribution in [0.4, 0.5) is 11.4 Å². The van der Waals surface area contributed by atoms with Crippen molar-refractivity contribution in [1.82, 2.24) is 0 Å². The van der Waals surface area contributed by atoms with Crippen molar-refractivity contribution in [2.75, 3.05) is 23.9 Å². The number of carbonyl (C=O) groups is 1. The number of carbonyl (C=O) groups excluding carboxylic acids is 1. The molecule has 5 nitrogen and oxygen atoms in total. The van der Waals surface area contributed by atoms with Crippen LogP contribution < -0.4 is 10.6 Å². The lowest BCUT2D eigenvalue weighted by Crippen LogP contribution is -2.11. The monoisotopic (exact) mass is 304 g/mol. The molecule has 0 atom stereocenters. The summed E-state index contributed by atoms with van der Waals surface area (Å²) in [5, 5.41) is 5.69. The van der Waals surface area contributed by atoms with Crippen molar-refractivity contribution in [3.8, 4) is 0 Å². The van der Waals surface area contributed by atoms with Gasteiger partial charge in [-0.1, -0.05) is 0 Å². The van der Waals surface area contributed by atoms with Crippen LogP contribution in [-0.2, 0) is 9.84 Å². The van der Waals surface area contributed by atoms with E-state index in [0.29, 0.717) is 11.3 Å². The van der Waals surface area contributed by atoms with Gasteiger partial charge in [0.25, 0.3) is 5.91 Å². The lowest BCUT2D eigenvalue weighted by atomic mass is 10.2. The summed E-state index contributed by atoms with van der Waals surface area (Å²) in [6, 6.07) is 13.1. The van der Waals surface area contributed by atoms with Crippen LogP contribution in [-0.4, -0.2) is 27.6 Å². The minimum atomic E-state index is -3.23. The molecule has 0 radical (unpaired) electrons. The molecule has 0 unspecified atom stereocenters. The van der Waals surface area contributed by atoms with E-state index < -0.39 is 9.84 Å². The van der Waals surface area contributed by atoms with Gasteiger partial charge in [0.1, 0.15) is 0 Å². The normalized spacial score (nSPS) is 11.0. The fourth-order valence-corrected chi connectivity index (χ4v) is 2.41. The zero-order valence-electron chi connectivity index (χ0n) is 11.8. The maximum absolute atomic E-state index is 12.0. The fourth-order valence-electron chi connectivity index (χ4n) is 1.78. The van der Waals surface area contributed by atoms with Crippen LogP contribution in [0.2, 0.25) is 0 Å². The van der Waals surface area contributed by atoms with Crippen molar-refractivity contribution in [2.45, 2.75) is 4.90 Å². The van der Waals surface area contributed by atoms with E-state index in [4.69, 9.17) is 0 Å². The summed E-state index contributed by atoms with van der Waals surface area (Å²) in [5.74, 6) is -0.246. The third-order valence-electron chi connectivity index (χ3n) is 2.98. The molecule has 2 aromatic rings. The van der Waals surface area contributed by atoms with Crippen molar-refractivity contribution in [2.24, 2.45) is 0 Å². The van der Waals surface area contributed by atoms with Crippen molar-refractivity contribution < 1.29 is 13.2 Å². The number of amides is 1. The molecule has 0 fully saturated rings. The molecule has 0 saturated heterocycles. The molecule has 0 spiro atoms. The quantitative estimate of drug-likeness (QED) is 0.909. The summed E-state index contributed by atoms with van der Waals surface area (Å²) < 4.78 is 22.7. The van der Waals surface area contributed by atoms with E-state index in [1.807, 2.05) is 12.1 Å². The molecule has 0 aliphatic heterocycles. The summed E-state index contributed by atoms with van der Waals surface area (Å²) in [5.41, 5.74) is 2.00.